The van der Waals surface area contributed by atoms with E-state index in [4.69, 9.17) is 0 Å². The first kappa shape index (κ1) is 25.9. The minimum atomic E-state index is -3.83. The van der Waals surface area contributed by atoms with Crippen molar-refractivity contribution in [2.75, 3.05) is 30.9 Å². The van der Waals surface area contributed by atoms with Crippen molar-refractivity contribution < 1.29 is 13.2 Å². The fourth-order valence-corrected chi connectivity index (χ4v) is 5.23. The molecule has 1 amide bonds. The molecule has 1 heterocycles. The molecular formula is C21H27ClN4O4S2. The molecule has 0 aliphatic carbocycles. The number of likely N-dealkylation sites (N-methyl/N-ethyl adjacent to an activating group) is 1. The summed E-state index contributed by atoms with van der Waals surface area (Å²) in [4.78, 5) is 26.2. The number of halogens is 1. The highest BCUT2D eigenvalue weighted by molar-refractivity contribution is 7.92. The van der Waals surface area contributed by atoms with Crippen LogP contribution in [0.25, 0.3) is 10.2 Å². The number of aromatic nitrogens is 1. The number of nitrogens with zero attached hydrogens (tertiary/aromatic N) is 2. The molecule has 3 rings (SSSR count). The maximum absolute atomic E-state index is 12.7. The average Bonchev–Trinajstić information content (AvgIpc) is 3.04. The van der Waals surface area contributed by atoms with Gasteiger partial charge in [0, 0.05) is 31.4 Å². The molecule has 174 valence electrons. The van der Waals surface area contributed by atoms with Crippen LogP contribution in [0.5, 0.6) is 0 Å². The quantitative estimate of drug-likeness (QED) is 0.472. The van der Waals surface area contributed by atoms with E-state index in [1.54, 1.807) is 37.4 Å². The smallest absolute Gasteiger partial charge is 0.307 e. The third-order valence-corrected chi connectivity index (χ3v) is 7.46. The molecule has 0 unspecified atom stereocenters. The number of carbonyl (C=O) groups is 1. The molecule has 0 saturated heterocycles. The largest absolute Gasteiger partial charge is 0.351 e. The van der Waals surface area contributed by atoms with E-state index in [0.717, 1.165) is 31.0 Å². The molecule has 2 N–H and O–H groups in total. The number of hydrogen-bond donors (Lipinski definition) is 2. The number of rotatable bonds is 9. The summed E-state index contributed by atoms with van der Waals surface area (Å²) >= 11 is 0.999. The first-order chi connectivity index (χ1) is 14.7. The van der Waals surface area contributed by atoms with Crippen LogP contribution >= 0.6 is 23.7 Å². The minimum Gasteiger partial charge on any atom is -0.351 e. The number of aryl methyl sites for hydroxylation is 1. The van der Waals surface area contributed by atoms with Crippen LogP contribution in [0.3, 0.4) is 0 Å². The normalized spacial score (nSPS) is 11.4. The molecule has 3 aromatic rings. The maximum Gasteiger partial charge on any atom is 0.307 e. The monoisotopic (exact) mass is 498 g/mol. The van der Waals surface area contributed by atoms with Gasteiger partial charge in [0.15, 0.2) is 0 Å². The lowest BCUT2D eigenvalue weighted by atomic mass is 10.2. The van der Waals surface area contributed by atoms with Crippen molar-refractivity contribution in [3.05, 3.63) is 57.7 Å². The summed E-state index contributed by atoms with van der Waals surface area (Å²) in [7, 11) is -2.18. The number of fused-ring (bicyclic) bond motifs is 1. The highest BCUT2D eigenvalue weighted by Crippen LogP contribution is 2.23. The summed E-state index contributed by atoms with van der Waals surface area (Å²) in [6.07, 6.45) is 0. The number of amides is 1. The van der Waals surface area contributed by atoms with Crippen molar-refractivity contribution in [1.82, 2.24) is 14.8 Å². The molecular weight excluding hydrogens is 472 g/mol. The molecule has 0 radical (unpaired) electrons. The SMILES string of the molecule is CCN(CC)CCNC(=O)c1ccc(NS(=O)(=O)c2ccc3c(c2)sc(=O)n3C)cc1.Cl. The summed E-state index contributed by atoms with van der Waals surface area (Å²) in [5.74, 6) is -0.203. The van der Waals surface area contributed by atoms with Crippen LogP contribution in [0, 0.1) is 0 Å². The standard InChI is InChI=1S/C21H26N4O4S2.ClH/c1-4-25(5-2)13-12-22-20(26)15-6-8-16(9-7-15)23-31(28,29)17-10-11-18-19(14-17)30-21(27)24(18)3;/h6-11,14,23H,4-5,12-13H2,1-3H3,(H,22,26);1H. The number of nitrogens with one attached hydrogen (secondary N) is 2. The van der Waals surface area contributed by atoms with Gasteiger partial charge in [0.25, 0.3) is 15.9 Å². The Balaban J connectivity index is 0.00000363. The number of sulfonamides is 1. The van der Waals surface area contributed by atoms with Gasteiger partial charge >= 0.3 is 4.87 Å². The number of anilines is 1. The van der Waals surface area contributed by atoms with Gasteiger partial charge in [-0.15, -0.1) is 12.4 Å². The minimum absolute atomic E-state index is 0. The molecule has 8 nitrogen and oxygen atoms in total. The highest BCUT2D eigenvalue weighted by Gasteiger charge is 2.17. The summed E-state index contributed by atoms with van der Waals surface area (Å²) < 4.78 is 30.1. The number of thiazole rings is 1. The van der Waals surface area contributed by atoms with Gasteiger partial charge in [-0.1, -0.05) is 25.2 Å². The first-order valence-corrected chi connectivity index (χ1v) is 12.3. The number of benzene rings is 2. The number of hydrogen-bond acceptors (Lipinski definition) is 6. The molecule has 0 atom stereocenters. The highest BCUT2D eigenvalue weighted by atomic mass is 35.5. The lowest BCUT2D eigenvalue weighted by molar-refractivity contribution is 0.0949. The molecule has 11 heteroatoms. The van der Waals surface area contributed by atoms with E-state index in [-0.39, 0.29) is 28.1 Å². The molecule has 0 aliphatic rings. The van der Waals surface area contributed by atoms with E-state index in [2.05, 4.69) is 28.8 Å². The van der Waals surface area contributed by atoms with Gasteiger partial charge < -0.3 is 14.8 Å². The molecule has 0 fully saturated rings. The molecule has 0 saturated carbocycles. The van der Waals surface area contributed by atoms with Gasteiger partial charge in [-0.25, -0.2) is 8.42 Å². The van der Waals surface area contributed by atoms with Crippen molar-refractivity contribution in [2.45, 2.75) is 18.7 Å². The van der Waals surface area contributed by atoms with E-state index in [1.165, 1.54) is 16.7 Å². The van der Waals surface area contributed by atoms with E-state index in [1.807, 2.05) is 0 Å². The topological polar surface area (TPSA) is 101 Å². The Bertz CT molecular complexity index is 1230. The van der Waals surface area contributed by atoms with Crippen molar-refractivity contribution in [2.24, 2.45) is 7.05 Å². The van der Waals surface area contributed by atoms with Crippen LogP contribution in [-0.4, -0.2) is 50.0 Å². The number of carbonyl (C=O) groups excluding carboxylic acids is 1. The summed E-state index contributed by atoms with van der Waals surface area (Å²) in [6, 6.07) is 10.8. The van der Waals surface area contributed by atoms with Crippen molar-refractivity contribution in [1.29, 1.82) is 0 Å². The van der Waals surface area contributed by atoms with Crippen molar-refractivity contribution in [3.8, 4) is 0 Å². The van der Waals surface area contributed by atoms with Gasteiger partial charge in [-0.05, 0) is 55.6 Å². The Kier molecular flexibility index (Phi) is 8.85. The lowest BCUT2D eigenvalue weighted by Gasteiger charge is -2.18. The van der Waals surface area contributed by atoms with E-state index in [0.29, 0.717) is 28.0 Å². The zero-order valence-electron chi connectivity index (χ0n) is 18.1. The predicted octanol–water partition coefficient (Wildman–Crippen LogP) is 2.89. The van der Waals surface area contributed by atoms with Gasteiger partial charge in [0.05, 0.1) is 15.1 Å². The predicted molar refractivity (Wildman–Crippen MR) is 132 cm³/mol. The molecule has 1 aromatic heterocycles. The second-order valence-corrected chi connectivity index (χ2v) is 9.70. The zero-order chi connectivity index (χ0) is 22.6. The zero-order valence-corrected chi connectivity index (χ0v) is 20.6. The van der Waals surface area contributed by atoms with Crippen LogP contribution in [0.4, 0.5) is 5.69 Å². The van der Waals surface area contributed by atoms with Crippen LogP contribution in [0.1, 0.15) is 24.2 Å². The average molecular weight is 499 g/mol. The fraction of sp³-hybridized carbons (Fsp3) is 0.333. The maximum atomic E-state index is 12.7. The molecule has 0 aliphatic heterocycles. The Morgan fingerprint density at radius 3 is 2.38 bits per heavy atom. The van der Waals surface area contributed by atoms with Crippen LogP contribution in [0.15, 0.2) is 52.2 Å². The lowest BCUT2D eigenvalue weighted by Crippen LogP contribution is -2.34. The molecule has 0 spiro atoms. The second-order valence-electron chi connectivity index (χ2n) is 7.02. The van der Waals surface area contributed by atoms with Crippen molar-refractivity contribution >= 4 is 55.6 Å². The second kappa shape index (κ2) is 11.0. The summed E-state index contributed by atoms with van der Waals surface area (Å²) in [5, 5.41) is 2.87. The van der Waals surface area contributed by atoms with Gasteiger partial charge in [0.1, 0.15) is 0 Å². The van der Waals surface area contributed by atoms with Gasteiger partial charge in [0.2, 0.25) is 0 Å². The van der Waals surface area contributed by atoms with Crippen LogP contribution in [-0.2, 0) is 17.1 Å². The molecule has 2 aromatic carbocycles. The third kappa shape index (κ3) is 5.89. The Hall–Kier alpha value is -2.40. The van der Waals surface area contributed by atoms with Gasteiger partial charge in [-0.2, -0.15) is 0 Å². The molecule has 32 heavy (non-hydrogen) atoms. The molecule has 0 bridgehead atoms. The first-order valence-electron chi connectivity index (χ1n) is 9.98. The van der Waals surface area contributed by atoms with Crippen LogP contribution < -0.4 is 14.9 Å². The third-order valence-electron chi connectivity index (χ3n) is 5.08. The van der Waals surface area contributed by atoms with Crippen molar-refractivity contribution in [3.63, 3.8) is 0 Å². The van der Waals surface area contributed by atoms with E-state index in [9.17, 15) is 18.0 Å². The summed E-state index contributed by atoms with van der Waals surface area (Å²) in [6.45, 7) is 7.32. The fourth-order valence-electron chi connectivity index (χ4n) is 3.15. The Morgan fingerprint density at radius 1 is 1.09 bits per heavy atom. The van der Waals surface area contributed by atoms with E-state index >= 15 is 0 Å². The summed E-state index contributed by atoms with van der Waals surface area (Å²) in [5.41, 5.74) is 1.49. The van der Waals surface area contributed by atoms with E-state index < -0.39 is 10.0 Å². The Labute approximate surface area is 197 Å². The van der Waals surface area contributed by atoms with Crippen LogP contribution in [0.2, 0.25) is 0 Å². The van der Waals surface area contributed by atoms with Gasteiger partial charge in [-0.3, -0.25) is 14.3 Å². The Morgan fingerprint density at radius 2 is 1.75 bits per heavy atom.